The number of hydrogen-bond donors (Lipinski definition) is 2. The number of piperidine rings is 1. The monoisotopic (exact) mass is 285 g/mol. The lowest BCUT2D eigenvalue weighted by Gasteiger charge is -2.36. The lowest BCUT2D eigenvalue weighted by molar-refractivity contribution is -0.144. The smallest absolute Gasteiger partial charge is 0.332 e. The second-order valence-electron chi connectivity index (χ2n) is 5.77. The molecule has 0 saturated carbocycles. The molecular formula is C13H23N3O4. The van der Waals surface area contributed by atoms with Gasteiger partial charge in [0.2, 0.25) is 0 Å². The normalized spacial score (nSPS) is 28.3. The molecule has 2 saturated heterocycles. The molecular weight excluding hydrogens is 262 g/mol. The van der Waals surface area contributed by atoms with Crippen LogP contribution in [-0.2, 0) is 9.53 Å². The predicted octanol–water partition coefficient (Wildman–Crippen LogP) is -0.0343. The van der Waals surface area contributed by atoms with Crippen LogP contribution in [0.5, 0.6) is 0 Å². The van der Waals surface area contributed by atoms with Crippen LogP contribution in [0.25, 0.3) is 0 Å². The van der Waals surface area contributed by atoms with Gasteiger partial charge in [0.25, 0.3) is 0 Å². The van der Waals surface area contributed by atoms with Crippen molar-refractivity contribution < 1.29 is 19.4 Å². The third-order valence-corrected chi connectivity index (χ3v) is 4.33. The van der Waals surface area contributed by atoms with Crippen LogP contribution in [0.1, 0.15) is 19.3 Å². The first kappa shape index (κ1) is 15.1. The van der Waals surface area contributed by atoms with Gasteiger partial charge in [-0.15, -0.1) is 0 Å². The first-order valence-electron chi connectivity index (χ1n) is 6.99. The summed E-state index contributed by atoms with van der Waals surface area (Å²) < 4.78 is 5.14. The third-order valence-electron chi connectivity index (χ3n) is 4.33. The van der Waals surface area contributed by atoms with Crippen molar-refractivity contribution in [3.8, 4) is 0 Å². The average molecular weight is 285 g/mol. The predicted molar refractivity (Wildman–Crippen MR) is 72.6 cm³/mol. The Hall–Kier alpha value is -1.34. The lowest BCUT2D eigenvalue weighted by atomic mass is 9.99. The van der Waals surface area contributed by atoms with Crippen LogP contribution in [0.4, 0.5) is 4.79 Å². The van der Waals surface area contributed by atoms with Gasteiger partial charge in [0.05, 0.1) is 6.61 Å². The number of rotatable bonds is 3. The molecule has 1 unspecified atom stereocenters. The molecule has 2 fully saturated rings. The first-order valence-corrected chi connectivity index (χ1v) is 6.99. The van der Waals surface area contributed by atoms with E-state index < -0.39 is 11.5 Å². The summed E-state index contributed by atoms with van der Waals surface area (Å²) in [6.07, 6.45) is 2.14. The molecule has 0 aliphatic carbocycles. The number of carboxylic acid groups (broad SMARTS) is 1. The zero-order valence-corrected chi connectivity index (χ0v) is 12.1. The molecule has 2 aliphatic rings. The van der Waals surface area contributed by atoms with Crippen LogP contribution in [0.15, 0.2) is 0 Å². The number of urea groups is 1. The fraction of sp³-hybridized carbons (Fsp3) is 0.846. The second kappa shape index (κ2) is 5.97. The van der Waals surface area contributed by atoms with E-state index in [1.165, 1.54) is 0 Å². The Morgan fingerprint density at radius 1 is 1.40 bits per heavy atom. The molecule has 20 heavy (non-hydrogen) atoms. The number of likely N-dealkylation sites (tertiary alicyclic amines) is 1. The lowest BCUT2D eigenvalue weighted by Crippen LogP contribution is -2.59. The van der Waals surface area contributed by atoms with Gasteiger partial charge in [-0.05, 0) is 33.0 Å². The maximum Gasteiger partial charge on any atom is 0.332 e. The van der Waals surface area contributed by atoms with Crippen LogP contribution in [-0.4, -0.2) is 78.9 Å². The molecule has 114 valence electrons. The van der Waals surface area contributed by atoms with Crippen LogP contribution in [0, 0.1) is 0 Å². The summed E-state index contributed by atoms with van der Waals surface area (Å²) in [6, 6.07) is -0.160. The van der Waals surface area contributed by atoms with Gasteiger partial charge in [0, 0.05) is 26.1 Å². The molecule has 0 radical (unpaired) electrons. The highest BCUT2D eigenvalue weighted by Gasteiger charge is 2.44. The van der Waals surface area contributed by atoms with E-state index in [1.54, 1.807) is 11.9 Å². The van der Waals surface area contributed by atoms with E-state index in [0.29, 0.717) is 13.0 Å². The van der Waals surface area contributed by atoms with Crippen molar-refractivity contribution in [3.63, 3.8) is 0 Å². The topological polar surface area (TPSA) is 82.1 Å². The largest absolute Gasteiger partial charge is 0.479 e. The summed E-state index contributed by atoms with van der Waals surface area (Å²) in [4.78, 5) is 27.5. The standard InChI is InChI=1S/C13H23N3O4/c1-15-6-3-10(4-7-15)16(2)12(19)14-13(11(17)18)5-8-20-9-13/h10H,3-9H2,1-2H3,(H,14,19)(H,17,18). The summed E-state index contributed by atoms with van der Waals surface area (Å²) in [6.45, 7) is 2.31. The van der Waals surface area contributed by atoms with Crippen molar-refractivity contribution in [1.82, 2.24) is 15.1 Å². The van der Waals surface area contributed by atoms with Crippen LogP contribution >= 0.6 is 0 Å². The van der Waals surface area contributed by atoms with Gasteiger partial charge in [-0.1, -0.05) is 0 Å². The summed E-state index contributed by atoms with van der Waals surface area (Å²) in [5, 5.41) is 12.0. The Balaban J connectivity index is 1.95. The van der Waals surface area contributed by atoms with Gasteiger partial charge in [0.15, 0.2) is 5.54 Å². The average Bonchev–Trinajstić information content (AvgIpc) is 2.88. The molecule has 7 nitrogen and oxygen atoms in total. The summed E-state index contributed by atoms with van der Waals surface area (Å²) in [5.41, 5.74) is -1.27. The highest BCUT2D eigenvalue weighted by molar-refractivity contribution is 5.86. The molecule has 0 spiro atoms. The summed E-state index contributed by atoms with van der Waals surface area (Å²) >= 11 is 0. The molecule has 7 heteroatoms. The van der Waals surface area contributed by atoms with Crippen molar-refractivity contribution in [2.45, 2.75) is 30.8 Å². The Labute approximate surface area is 118 Å². The number of nitrogens with one attached hydrogen (secondary N) is 1. The minimum absolute atomic E-state index is 0.0370. The van der Waals surface area contributed by atoms with Crippen molar-refractivity contribution in [2.24, 2.45) is 0 Å². The van der Waals surface area contributed by atoms with Gasteiger partial charge in [-0.25, -0.2) is 9.59 Å². The van der Waals surface area contributed by atoms with Gasteiger partial charge in [-0.2, -0.15) is 0 Å². The molecule has 2 N–H and O–H groups in total. The fourth-order valence-corrected chi connectivity index (χ4v) is 2.73. The Kier molecular flexibility index (Phi) is 4.49. The van der Waals surface area contributed by atoms with Crippen LogP contribution < -0.4 is 5.32 Å². The van der Waals surface area contributed by atoms with Crippen molar-refractivity contribution in [1.29, 1.82) is 0 Å². The molecule has 0 aromatic heterocycles. The third kappa shape index (κ3) is 3.04. The number of carbonyl (C=O) groups is 2. The van der Waals surface area contributed by atoms with E-state index in [9.17, 15) is 14.7 Å². The van der Waals surface area contributed by atoms with Gasteiger partial charge >= 0.3 is 12.0 Å². The number of ether oxygens (including phenoxy) is 1. The number of aliphatic carboxylic acids is 1. The number of carboxylic acids is 1. The number of amides is 2. The summed E-state index contributed by atoms with van der Waals surface area (Å²) in [5.74, 6) is -1.03. The maximum absolute atomic E-state index is 12.3. The van der Waals surface area contributed by atoms with Crippen molar-refractivity contribution >= 4 is 12.0 Å². The molecule has 0 aromatic rings. The zero-order valence-electron chi connectivity index (χ0n) is 12.1. The zero-order chi connectivity index (χ0) is 14.8. The van der Waals surface area contributed by atoms with Gasteiger partial charge in [0.1, 0.15) is 0 Å². The first-order chi connectivity index (χ1) is 9.44. The molecule has 2 heterocycles. The molecule has 2 rings (SSSR count). The van der Waals surface area contributed by atoms with E-state index in [4.69, 9.17) is 4.74 Å². The Morgan fingerprint density at radius 2 is 2.05 bits per heavy atom. The quantitative estimate of drug-likeness (QED) is 0.761. The second-order valence-corrected chi connectivity index (χ2v) is 5.77. The van der Waals surface area contributed by atoms with E-state index in [-0.39, 0.29) is 18.7 Å². The molecule has 1 atom stereocenters. The highest BCUT2D eigenvalue weighted by atomic mass is 16.5. The molecule has 2 aliphatic heterocycles. The van der Waals surface area contributed by atoms with Crippen molar-refractivity contribution in [3.05, 3.63) is 0 Å². The van der Waals surface area contributed by atoms with E-state index >= 15 is 0 Å². The molecule has 0 bridgehead atoms. The molecule has 0 aromatic carbocycles. The van der Waals surface area contributed by atoms with Crippen LogP contribution in [0.2, 0.25) is 0 Å². The number of nitrogens with zero attached hydrogens (tertiary/aromatic N) is 2. The Morgan fingerprint density at radius 3 is 2.55 bits per heavy atom. The van der Waals surface area contributed by atoms with Gasteiger partial charge in [-0.3, -0.25) is 0 Å². The fourth-order valence-electron chi connectivity index (χ4n) is 2.73. The number of carbonyl (C=O) groups excluding carboxylic acids is 1. The van der Waals surface area contributed by atoms with E-state index in [2.05, 4.69) is 17.3 Å². The van der Waals surface area contributed by atoms with Gasteiger partial charge < -0.3 is 25.0 Å². The highest BCUT2D eigenvalue weighted by Crippen LogP contribution is 2.20. The number of hydrogen-bond acceptors (Lipinski definition) is 4. The van der Waals surface area contributed by atoms with Crippen molar-refractivity contribution in [2.75, 3.05) is 40.4 Å². The minimum atomic E-state index is -1.27. The molecule has 2 amide bonds. The Bertz CT molecular complexity index is 374. The summed E-state index contributed by atoms with van der Waals surface area (Å²) in [7, 11) is 3.79. The van der Waals surface area contributed by atoms with E-state index in [1.807, 2.05) is 0 Å². The van der Waals surface area contributed by atoms with Crippen LogP contribution in [0.3, 0.4) is 0 Å². The van der Waals surface area contributed by atoms with E-state index in [0.717, 1.165) is 25.9 Å². The maximum atomic E-state index is 12.3. The minimum Gasteiger partial charge on any atom is -0.479 e. The SMILES string of the molecule is CN1CCC(N(C)C(=O)NC2(C(=O)O)CCOC2)CC1.